The third kappa shape index (κ3) is 8.79. The van der Waals surface area contributed by atoms with E-state index in [2.05, 4.69) is 88.4 Å². The van der Waals surface area contributed by atoms with Crippen molar-refractivity contribution in [1.82, 2.24) is 9.97 Å². The van der Waals surface area contributed by atoms with Crippen LogP contribution in [0.5, 0.6) is 0 Å². The fourth-order valence-corrected chi connectivity index (χ4v) is 6.70. The van der Waals surface area contributed by atoms with Gasteiger partial charge in [-0.25, -0.2) is 4.98 Å². The Kier molecular flexibility index (Phi) is 13.4. The number of aliphatic hydroxyl groups excluding tert-OH is 1. The van der Waals surface area contributed by atoms with E-state index in [1.165, 1.54) is 21.7 Å². The van der Waals surface area contributed by atoms with E-state index in [9.17, 15) is 9.90 Å². The monoisotopic (exact) mass is 812 g/mol. The molecular weight excluding hydrogens is 765 g/mol. The molecule has 4 nitrogen and oxygen atoms in total. The number of ketones is 1. The van der Waals surface area contributed by atoms with Gasteiger partial charge in [0.25, 0.3) is 0 Å². The van der Waals surface area contributed by atoms with Crippen LogP contribution in [0.4, 0.5) is 0 Å². The van der Waals surface area contributed by atoms with Crippen molar-refractivity contribution < 1.29 is 30.0 Å². The predicted molar refractivity (Wildman–Crippen MR) is 192 cm³/mol. The van der Waals surface area contributed by atoms with Crippen molar-refractivity contribution in [2.24, 2.45) is 11.8 Å². The Morgan fingerprint density at radius 3 is 2.20 bits per heavy atom. The van der Waals surface area contributed by atoms with Crippen LogP contribution in [0.3, 0.4) is 0 Å². The number of pyridine rings is 1. The summed E-state index contributed by atoms with van der Waals surface area (Å²) >= 11 is 1.73. The number of para-hydroxylation sites is 1. The molecule has 0 aliphatic rings. The first-order valence-corrected chi connectivity index (χ1v) is 17.0. The van der Waals surface area contributed by atoms with Crippen molar-refractivity contribution in [1.29, 1.82) is 0 Å². The number of hydrogen-bond acceptors (Lipinski definition) is 5. The van der Waals surface area contributed by atoms with Crippen LogP contribution in [0.25, 0.3) is 42.8 Å². The van der Waals surface area contributed by atoms with Gasteiger partial charge >= 0.3 is 0 Å². The topological polar surface area (TPSA) is 63.1 Å². The summed E-state index contributed by atoms with van der Waals surface area (Å²) in [6.45, 7) is 16.9. The van der Waals surface area contributed by atoms with E-state index in [1.54, 1.807) is 11.3 Å². The maximum atomic E-state index is 11.7. The third-order valence-corrected chi connectivity index (χ3v) is 9.64. The number of aryl methyl sites for hydroxylation is 1. The van der Waals surface area contributed by atoms with E-state index >= 15 is 0 Å². The Balaban J connectivity index is 0.000000309. The summed E-state index contributed by atoms with van der Waals surface area (Å²) in [5.74, 6) is 0.547. The molecule has 0 saturated carbocycles. The van der Waals surface area contributed by atoms with Gasteiger partial charge in [0.05, 0.1) is 16.0 Å². The molecule has 5 aromatic rings. The van der Waals surface area contributed by atoms with Gasteiger partial charge < -0.3 is 5.11 Å². The molecule has 0 aliphatic heterocycles. The maximum absolute atomic E-state index is 11.7. The molecule has 0 spiro atoms. The van der Waals surface area contributed by atoms with Gasteiger partial charge in [-0.2, -0.15) is 0 Å². The molecular formula is C40H47IrN2O2S-. The molecule has 0 fully saturated rings. The molecule has 1 radical (unpaired) electrons. The number of hydrogen-bond donors (Lipinski definition) is 1. The average molecular weight is 812 g/mol. The van der Waals surface area contributed by atoms with Crippen LogP contribution < -0.4 is 0 Å². The van der Waals surface area contributed by atoms with E-state index in [0.717, 1.165) is 64.0 Å². The average Bonchev–Trinajstić information content (AvgIpc) is 3.46. The Hall–Kier alpha value is -3.18. The van der Waals surface area contributed by atoms with Crippen LogP contribution in [0.15, 0.2) is 78.7 Å². The van der Waals surface area contributed by atoms with Gasteiger partial charge in [-0.15, -0.1) is 40.5 Å². The summed E-state index contributed by atoms with van der Waals surface area (Å²) in [5, 5.41) is 13.2. The van der Waals surface area contributed by atoms with E-state index in [-0.39, 0.29) is 48.9 Å². The van der Waals surface area contributed by atoms with Crippen molar-refractivity contribution in [3.05, 3.63) is 95.9 Å². The van der Waals surface area contributed by atoms with Crippen LogP contribution in [0, 0.1) is 24.8 Å². The summed E-state index contributed by atoms with van der Waals surface area (Å²) in [7, 11) is 0. The second-order valence-electron chi connectivity index (χ2n) is 12.8. The third-order valence-electron chi connectivity index (χ3n) is 8.57. The molecule has 245 valence electrons. The van der Waals surface area contributed by atoms with Gasteiger partial charge in [0.15, 0.2) is 5.78 Å². The van der Waals surface area contributed by atoms with Crippen LogP contribution in [-0.4, -0.2) is 20.9 Å². The molecule has 46 heavy (non-hydrogen) atoms. The van der Waals surface area contributed by atoms with Crippen molar-refractivity contribution in [2.45, 2.75) is 86.5 Å². The van der Waals surface area contributed by atoms with Crippen LogP contribution in [-0.2, 0) is 30.3 Å². The van der Waals surface area contributed by atoms with E-state index in [4.69, 9.17) is 9.97 Å². The zero-order chi connectivity index (χ0) is 32.7. The Labute approximate surface area is 292 Å². The zero-order valence-corrected chi connectivity index (χ0v) is 31.6. The number of rotatable bonds is 9. The molecule has 1 N–H and O–H groups in total. The molecule has 0 unspecified atom stereocenters. The quantitative estimate of drug-likeness (QED) is 0.0915. The minimum Gasteiger partial charge on any atom is -0.512 e. The number of thiazole rings is 1. The molecule has 2 heterocycles. The second kappa shape index (κ2) is 16.6. The molecule has 0 saturated heterocycles. The molecule has 2 aromatic heterocycles. The van der Waals surface area contributed by atoms with Gasteiger partial charge in [0.1, 0.15) is 5.01 Å². The van der Waals surface area contributed by atoms with Gasteiger partial charge in [-0.05, 0) is 55.7 Å². The SMILES string of the molecule is CCC(CC)C(=O)/C=C(\O)C(CC)CC.Cc1cnc(-c2[c-]c3ccccc3c(C(C)(C)C)c2)cc1-c1nc2ccccc2s1.[Ir]. The fraction of sp³-hybridized carbons (Fsp3) is 0.375. The normalized spacial score (nSPS) is 11.9. The van der Waals surface area contributed by atoms with Gasteiger partial charge in [0, 0.05) is 55.5 Å². The summed E-state index contributed by atoms with van der Waals surface area (Å²) in [6, 6.07) is 24.8. The Bertz CT molecular complexity index is 1760. The minimum atomic E-state index is 0. The number of fused-ring (bicyclic) bond motifs is 2. The Morgan fingerprint density at radius 2 is 1.57 bits per heavy atom. The first-order chi connectivity index (χ1) is 21.5. The predicted octanol–water partition coefficient (Wildman–Crippen LogP) is 11.5. The Morgan fingerprint density at radius 1 is 0.935 bits per heavy atom. The van der Waals surface area contributed by atoms with E-state index in [1.807, 2.05) is 40.0 Å². The van der Waals surface area contributed by atoms with Gasteiger partial charge in [0.2, 0.25) is 0 Å². The summed E-state index contributed by atoms with van der Waals surface area (Å²) < 4.78 is 1.21. The fourth-order valence-electron chi connectivity index (χ4n) is 5.66. The number of allylic oxidation sites excluding steroid dienone is 2. The molecule has 0 amide bonds. The molecule has 6 heteroatoms. The standard InChI is InChI=1S/C27H23N2S.C13H24O2.Ir/c1-17-16-28-24(15-21(17)26-29-23-11-7-8-12-25(23)30-26)19-13-18-9-5-6-10-20(18)22(14-19)27(2,3)4;1-5-10(6-2)12(14)9-13(15)11(7-3)8-4;/h5-12,14-16H,1-4H3;9-11,14H,5-8H2,1-4H3;/q-1;;/b;12-9-;. The smallest absolute Gasteiger partial charge is 0.162 e. The van der Waals surface area contributed by atoms with Crippen LogP contribution in [0.1, 0.15) is 85.3 Å². The van der Waals surface area contributed by atoms with Crippen molar-refractivity contribution in [3.63, 3.8) is 0 Å². The van der Waals surface area contributed by atoms with E-state index in [0.29, 0.717) is 0 Å². The molecule has 5 rings (SSSR count). The zero-order valence-electron chi connectivity index (χ0n) is 28.4. The largest absolute Gasteiger partial charge is 0.512 e. The summed E-state index contributed by atoms with van der Waals surface area (Å²) in [5.41, 5.74) is 6.63. The first kappa shape index (κ1) is 37.3. The van der Waals surface area contributed by atoms with Crippen molar-refractivity contribution >= 4 is 38.1 Å². The number of aliphatic hydroxyl groups is 1. The maximum Gasteiger partial charge on any atom is 0.162 e. The first-order valence-electron chi connectivity index (χ1n) is 16.2. The molecule has 3 aromatic carbocycles. The van der Waals surface area contributed by atoms with Crippen molar-refractivity contribution in [3.8, 4) is 21.8 Å². The molecule has 0 bridgehead atoms. The summed E-state index contributed by atoms with van der Waals surface area (Å²) in [6.07, 6.45) is 6.86. The number of carbonyl (C=O) groups is 1. The minimum absolute atomic E-state index is 0. The second-order valence-corrected chi connectivity index (χ2v) is 13.8. The number of benzene rings is 3. The van der Waals surface area contributed by atoms with Crippen LogP contribution >= 0.6 is 11.3 Å². The van der Waals surface area contributed by atoms with Crippen LogP contribution in [0.2, 0.25) is 0 Å². The van der Waals surface area contributed by atoms with Gasteiger partial charge in [-0.3, -0.25) is 9.78 Å². The molecule has 0 atom stereocenters. The number of carbonyl (C=O) groups excluding carboxylic acids is 1. The van der Waals surface area contributed by atoms with Gasteiger partial charge in [-0.1, -0.05) is 95.8 Å². The summed E-state index contributed by atoms with van der Waals surface area (Å²) in [4.78, 5) is 21.3. The number of nitrogens with zero attached hydrogens (tertiary/aromatic N) is 2. The van der Waals surface area contributed by atoms with Crippen molar-refractivity contribution in [2.75, 3.05) is 0 Å². The molecule has 0 aliphatic carbocycles. The number of aromatic nitrogens is 2. The van der Waals surface area contributed by atoms with E-state index < -0.39 is 0 Å².